The predicted octanol–water partition coefficient (Wildman–Crippen LogP) is 3.64. The van der Waals surface area contributed by atoms with Gasteiger partial charge in [-0.2, -0.15) is 0 Å². The van der Waals surface area contributed by atoms with Gasteiger partial charge in [0.15, 0.2) is 0 Å². The molecule has 0 saturated heterocycles. The lowest BCUT2D eigenvalue weighted by molar-refractivity contribution is -0.385. The van der Waals surface area contributed by atoms with E-state index in [1.54, 1.807) is 0 Å². The number of sulfonamides is 2. The molecular weight excluding hydrogens is 449 g/mol. The Kier molecular flexibility index (Phi) is 5.95. The van der Waals surface area contributed by atoms with Crippen molar-refractivity contribution >= 4 is 37.1 Å². The summed E-state index contributed by atoms with van der Waals surface area (Å²) in [6, 6.07) is 13.0. The lowest BCUT2D eigenvalue weighted by Gasteiger charge is -2.12. The number of hydrogen-bond donors (Lipinski definition) is 2. The first-order chi connectivity index (χ1) is 14.5. The van der Waals surface area contributed by atoms with E-state index in [2.05, 4.69) is 9.44 Å². The molecule has 0 saturated carbocycles. The van der Waals surface area contributed by atoms with Gasteiger partial charge in [-0.3, -0.25) is 19.6 Å². The van der Waals surface area contributed by atoms with Crippen molar-refractivity contribution < 1.29 is 26.1 Å². The Hall–Kier alpha value is -3.51. The minimum Gasteiger partial charge on any atom is -0.280 e. The van der Waals surface area contributed by atoms with Gasteiger partial charge in [-0.05, 0) is 61.0 Å². The fraction of sp³-hybridized carbons (Fsp3) is 0.0526. The van der Waals surface area contributed by atoms with Crippen molar-refractivity contribution in [1.29, 1.82) is 0 Å². The zero-order valence-electron chi connectivity index (χ0n) is 15.9. The number of nitrogens with zero attached hydrogens (tertiary/aromatic N) is 1. The highest BCUT2D eigenvalue weighted by atomic mass is 32.2. The summed E-state index contributed by atoms with van der Waals surface area (Å²) in [5.41, 5.74) is 0.152. The van der Waals surface area contributed by atoms with Crippen LogP contribution in [0.4, 0.5) is 21.5 Å². The molecule has 0 atom stereocenters. The van der Waals surface area contributed by atoms with E-state index in [4.69, 9.17) is 0 Å². The molecule has 0 aliphatic heterocycles. The average Bonchev–Trinajstić information content (AvgIpc) is 2.69. The van der Waals surface area contributed by atoms with Crippen molar-refractivity contribution in [2.75, 3.05) is 9.44 Å². The number of aryl methyl sites for hydroxylation is 1. The molecule has 0 fully saturated rings. The SMILES string of the molecule is Cc1ccc([N+](=O)[O-])cc1S(=O)(=O)Nc1ccc(S(=O)(=O)Nc2ccc(F)cc2)cc1. The van der Waals surface area contributed by atoms with Gasteiger partial charge in [0.2, 0.25) is 0 Å². The zero-order valence-corrected chi connectivity index (χ0v) is 17.6. The molecule has 31 heavy (non-hydrogen) atoms. The standard InChI is InChI=1S/C19H16FN3O6S2/c1-13-2-9-17(23(24)25)12-19(13)31(28,29)22-16-7-10-18(11-8-16)30(26,27)21-15-5-3-14(20)4-6-15/h2-12,21-22H,1H3. The molecule has 3 aromatic rings. The van der Waals surface area contributed by atoms with Crippen LogP contribution in [0.15, 0.2) is 76.5 Å². The van der Waals surface area contributed by atoms with Gasteiger partial charge in [0.25, 0.3) is 25.7 Å². The number of hydrogen-bond acceptors (Lipinski definition) is 6. The molecule has 0 aliphatic carbocycles. The van der Waals surface area contributed by atoms with E-state index in [0.717, 1.165) is 18.2 Å². The maximum atomic E-state index is 13.0. The molecule has 3 aromatic carbocycles. The summed E-state index contributed by atoms with van der Waals surface area (Å²) in [5, 5.41) is 10.9. The smallest absolute Gasteiger partial charge is 0.270 e. The zero-order chi connectivity index (χ0) is 22.8. The lowest BCUT2D eigenvalue weighted by atomic mass is 10.2. The largest absolute Gasteiger partial charge is 0.280 e. The van der Waals surface area contributed by atoms with Crippen LogP contribution in [0.5, 0.6) is 0 Å². The molecule has 0 amide bonds. The molecule has 0 heterocycles. The van der Waals surface area contributed by atoms with E-state index < -0.39 is 30.8 Å². The van der Waals surface area contributed by atoms with Gasteiger partial charge in [-0.15, -0.1) is 0 Å². The summed E-state index contributed by atoms with van der Waals surface area (Å²) in [6.45, 7) is 1.50. The Morgan fingerprint density at radius 3 is 1.87 bits per heavy atom. The first-order valence-corrected chi connectivity index (χ1v) is 11.6. The Labute approximate surface area is 177 Å². The van der Waals surface area contributed by atoms with Crippen LogP contribution in [0.3, 0.4) is 0 Å². The van der Waals surface area contributed by atoms with E-state index in [9.17, 15) is 31.3 Å². The fourth-order valence-electron chi connectivity index (χ4n) is 2.64. The van der Waals surface area contributed by atoms with Crippen molar-refractivity contribution in [1.82, 2.24) is 0 Å². The number of nitro benzene ring substituents is 1. The van der Waals surface area contributed by atoms with Gasteiger partial charge >= 0.3 is 0 Å². The molecule has 0 aromatic heterocycles. The summed E-state index contributed by atoms with van der Waals surface area (Å²) in [7, 11) is -8.14. The van der Waals surface area contributed by atoms with Crippen LogP contribution < -0.4 is 9.44 Å². The van der Waals surface area contributed by atoms with Crippen LogP contribution in [0, 0.1) is 22.9 Å². The van der Waals surface area contributed by atoms with Crippen molar-refractivity contribution in [2.45, 2.75) is 16.7 Å². The minimum absolute atomic E-state index is 0.0617. The average molecular weight is 465 g/mol. The van der Waals surface area contributed by atoms with Crippen LogP contribution in [-0.4, -0.2) is 21.8 Å². The van der Waals surface area contributed by atoms with Crippen LogP contribution in [-0.2, 0) is 20.0 Å². The summed E-state index contributed by atoms with van der Waals surface area (Å²) in [4.78, 5) is 9.82. The molecule has 0 radical (unpaired) electrons. The highest BCUT2D eigenvalue weighted by Crippen LogP contribution is 2.25. The van der Waals surface area contributed by atoms with E-state index in [0.29, 0.717) is 5.56 Å². The normalized spacial score (nSPS) is 11.7. The summed E-state index contributed by atoms with van der Waals surface area (Å²) in [5.74, 6) is -0.515. The number of anilines is 2. The highest BCUT2D eigenvalue weighted by Gasteiger charge is 2.21. The van der Waals surface area contributed by atoms with Crippen molar-refractivity contribution in [3.8, 4) is 0 Å². The Morgan fingerprint density at radius 1 is 0.806 bits per heavy atom. The number of benzene rings is 3. The minimum atomic E-state index is -4.16. The molecule has 162 valence electrons. The summed E-state index contributed by atoms with van der Waals surface area (Å²) >= 11 is 0. The van der Waals surface area contributed by atoms with Gasteiger partial charge in [0.05, 0.1) is 14.7 Å². The first-order valence-electron chi connectivity index (χ1n) is 8.64. The quantitative estimate of drug-likeness (QED) is 0.404. The Morgan fingerprint density at radius 2 is 1.32 bits per heavy atom. The van der Waals surface area contributed by atoms with Gasteiger partial charge in [-0.25, -0.2) is 21.2 Å². The second-order valence-electron chi connectivity index (χ2n) is 6.45. The first kappa shape index (κ1) is 22.2. The number of non-ortho nitro benzene ring substituents is 1. The highest BCUT2D eigenvalue weighted by molar-refractivity contribution is 7.93. The fourth-order valence-corrected chi connectivity index (χ4v) is 5.02. The second-order valence-corrected chi connectivity index (χ2v) is 9.78. The molecule has 0 unspecified atom stereocenters. The van der Waals surface area contributed by atoms with Gasteiger partial charge in [0.1, 0.15) is 5.82 Å². The topological polar surface area (TPSA) is 135 Å². The third-order valence-corrected chi connectivity index (χ3v) is 7.11. The van der Waals surface area contributed by atoms with E-state index in [1.165, 1.54) is 55.5 Å². The molecular formula is C19H16FN3O6S2. The molecule has 0 spiro atoms. The predicted molar refractivity (Wildman–Crippen MR) is 112 cm³/mol. The van der Waals surface area contributed by atoms with Gasteiger partial charge in [-0.1, -0.05) is 6.07 Å². The number of rotatable bonds is 7. The lowest BCUT2D eigenvalue weighted by Crippen LogP contribution is -2.15. The van der Waals surface area contributed by atoms with Crippen LogP contribution in [0.2, 0.25) is 0 Å². The van der Waals surface area contributed by atoms with Crippen LogP contribution in [0.1, 0.15) is 5.56 Å². The van der Waals surface area contributed by atoms with Crippen LogP contribution in [0.25, 0.3) is 0 Å². The third kappa shape index (κ3) is 5.16. The van der Waals surface area contributed by atoms with E-state index in [1.807, 2.05) is 0 Å². The molecule has 12 heteroatoms. The van der Waals surface area contributed by atoms with E-state index >= 15 is 0 Å². The van der Waals surface area contributed by atoms with Gasteiger partial charge < -0.3 is 0 Å². The maximum Gasteiger partial charge on any atom is 0.270 e. The Balaban J connectivity index is 1.82. The van der Waals surface area contributed by atoms with Crippen molar-refractivity contribution in [3.05, 3.63) is 88.2 Å². The molecule has 3 rings (SSSR count). The molecule has 9 nitrogen and oxygen atoms in total. The summed E-state index contributed by atoms with van der Waals surface area (Å²) < 4.78 is 67.7. The molecule has 2 N–H and O–H groups in total. The number of halogens is 1. The van der Waals surface area contributed by atoms with Crippen molar-refractivity contribution in [3.63, 3.8) is 0 Å². The molecule has 0 bridgehead atoms. The Bertz CT molecular complexity index is 1340. The maximum absolute atomic E-state index is 13.0. The molecule has 0 aliphatic rings. The summed E-state index contributed by atoms with van der Waals surface area (Å²) in [6.07, 6.45) is 0. The van der Waals surface area contributed by atoms with Crippen molar-refractivity contribution in [2.24, 2.45) is 0 Å². The number of nitro groups is 1. The monoisotopic (exact) mass is 465 g/mol. The third-order valence-electron chi connectivity index (χ3n) is 4.19. The van der Waals surface area contributed by atoms with E-state index in [-0.39, 0.29) is 26.9 Å². The number of nitrogens with one attached hydrogen (secondary N) is 2. The second kappa shape index (κ2) is 8.32. The van der Waals surface area contributed by atoms with Crippen LogP contribution >= 0.6 is 0 Å². The van der Waals surface area contributed by atoms with Gasteiger partial charge in [0, 0.05) is 23.5 Å².